The van der Waals surface area contributed by atoms with Crippen molar-refractivity contribution in [1.29, 1.82) is 0 Å². The van der Waals surface area contributed by atoms with Crippen LogP contribution in [0.2, 0.25) is 0 Å². The second-order valence-electron chi connectivity index (χ2n) is 5.05. The fourth-order valence-corrected chi connectivity index (χ4v) is 3.45. The Morgan fingerprint density at radius 2 is 1.96 bits per heavy atom. The van der Waals surface area contributed by atoms with Gasteiger partial charge < -0.3 is 9.47 Å². The number of carbonyl (C=O) groups is 1. The molecule has 6 nitrogen and oxygen atoms in total. The van der Waals surface area contributed by atoms with Crippen molar-refractivity contribution in [1.82, 2.24) is 4.31 Å². The summed E-state index contributed by atoms with van der Waals surface area (Å²) >= 11 is 0. The van der Waals surface area contributed by atoms with Crippen molar-refractivity contribution < 1.29 is 22.7 Å². The third kappa shape index (κ3) is 4.00. The van der Waals surface area contributed by atoms with Crippen LogP contribution in [0.5, 0.6) is 0 Å². The molecule has 2 rings (SSSR count). The zero-order valence-corrected chi connectivity index (χ0v) is 13.9. The van der Waals surface area contributed by atoms with E-state index in [0.29, 0.717) is 5.57 Å². The van der Waals surface area contributed by atoms with Gasteiger partial charge in [0.2, 0.25) is 10.0 Å². The van der Waals surface area contributed by atoms with E-state index in [1.54, 1.807) is 37.3 Å². The van der Waals surface area contributed by atoms with Gasteiger partial charge in [-0.15, -0.1) is 0 Å². The minimum atomic E-state index is -3.59. The highest BCUT2D eigenvalue weighted by Crippen LogP contribution is 2.24. The second kappa shape index (κ2) is 6.97. The van der Waals surface area contributed by atoms with Crippen LogP contribution in [0.4, 0.5) is 4.79 Å². The van der Waals surface area contributed by atoms with Crippen molar-refractivity contribution in [2.24, 2.45) is 0 Å². The number of benzene rings is 1. The smallest absolute Gasteiger partial charge is 0.434 e. The van der Waals surface area contributed by atoms with Gasteiger partial charge in [0.15, 0.2) is 0 Å². The summed E-state index contributed by atoms with van der Waals surface area (Å²) in [7, 11) is -3.59. The van der Waals surface area contributed by atoms with Crippen molar-refractivity contribution in [3.8, 4) is 0 Å². The molecule has 0 aromatic heterocycles. The fourth-order valence-electron chi connectivity index (χ4n) is 2.09. The molecule has 0 saturated heterocycles. The van der Waals surface area contributed by atoms with Crippen molar-refractivity contribution in [2.75, 3.05) is 19.7 Å². The third-order valence-electron chi connectivity index (χ3n) is 3.37. The standard InChI is InChI=1S/C16H19NO5S/c1-4-21-16(18)22-13(3)14-9-10-17(11-14)23(19,20)15-7-5-12(2)6-8-15/h5-9H,3-4,10-11H2,1-2H3. The number of hydrogen-bond donors (Lipinski definition) is 0. The lowest BCUT2D eigenvalue weighted by Crippen LogP contribution is -2.29. The molecule has 1 aliphatic heterocycles. The summed E-state index contributed by atoms with van der Waals surface area (Å²) in [6.45, 7) is 7.70. The second-order valence-corrected chi connectivity index (χ2v) is 6.99. The van der Waals surface area contributed by atoms with Gasteiger partial charge in [-0.1, -0.05) is 30.4 Å². The van der Waals surface area contributed by atoms with Crippen LogP contribution in [0.15, 0.2) is 53.1 Å². The number of aryl methyl sites for hydroxylation is 1. The van der Waals surface area contributed by atoms with Crippen LogP contribution in [0.3, 0.4) is 0 Å². The minimum Gasteiger partial charge on any atom is -0.434 e. The Morgan fingerprint density at radius 1 is 1.30 bits per heavy atom. The number of rotatable bonds is 5. The molecule has 0 aliphatic carbocycles. The lowest BCUT2D eigenvalue weighted by molar-refractivity contribution is 0.0833. The lowest BCUT2D eigenvalue weighted by atomic mass is 10.2. The molecule has 0 saturated carbocycles. The Morgan fingerprint density at radius 3 is 2.57 bits per heavy atom. The van der Waals surface area contributed by atoms with E-state index in [-0.39, 0.29) is 30.4 Å². The quantitative estimate of drug-likeness (QED) is 0.610. The molecular weight excluding hydrogens is 318 g/mol. The molecule has 124 valence electrons. The van der Waals surface area contributed by atoms with E-state index in [2.05, 4.69) is 11.3 Å². The third-order valence-corrected chi connectivity index (χ3v) is 5.20. The number of nitrogens with zero attached hydrogens (tertiary/aromatic N) is 1. The summed E-state index contributed by atoms with van der Waals surface area (Å²) in [5.41, 5.74) is 1.54. The summed E-state index contributed by atoms with van der Waals surface area (Å²) in [5, 5.41) is 0. The molecule has 1 aromatic rings. The zero-order valence-electron chi connectivity index (χ0n) is 13.1. The van der Waals surface area contributed by atoms with Gasteiger partial charge in [0.25, 0.3) is 0 Å². The maximum absolute atomic E-state index is 12.6. The van der Waals surface area contributed by atoms with E-state index in [0.717, 1.165) is 5.56 Å². The molecule has 1 heterocycles. The number of hydrogen-bond acceptors (Lipinski definition) is 5. The van der Waals surface area contributed by atoms with Crippen LogP contribution in [0.1, 0.15) is 12.5 Å². The maximum Gasteiger partial charge on any atom is 0.513 e. The van der Waals surface area contributed by atoms with Gasteiger partial charge in [0.05, 0.1) is 11.5 Å². The van der Waals surface area contributed by atoms with E-state index in [4.69, 9.17) is 4.74 Å². The van der Waals surface area contributed by atoms with Crippen LogP contribution < -0.4 is 0 Å². The minimum absolute atomic E-state index is 0.102. The van der Waals surface area contributed by atoms with Gasteiger partial charge in [-0.2, -0.15) is 4.31 Å². The summed E-state index contributed by atoms with van der Waals surface area (Å²) < 4.78 is 36.0. The molecule has 1 aromatic carbocycles. The SMILES string of the molecule is C=C(OC(=O)OCC)C1=CCN(S(=O)(=O)c2ccc(C)cc2)C1. The summed E-state index contributed by atoms with van der Waals surface area (Å²) in [6.07, 6.45) is 0.825. The summed E-state index contributed by atoms with van der Waals surface area (Å²) in [5.74, 6) is 0.102. The van der Waals surface area contributed by atoms with Crippen LogP contribution in [-0.2, 0) is 19.5 Å². The van der Waals surface area contributed by atoms with Gasteiger partial charge in [-0.05, 0) is 26.0 Å². The van der Waals surface area contributed by atoms with E-state index in [9.17, 15) is 13.2 Å². The van der Waals surface area contributed by atoms with Gasteiger partial charge in [0, 0.05) is 18.7 Å². The van der Waals surface area contributed by atoms with Crippen molar-refractivity contribution in [3.63, 3.8) is 0 Å². The van der Waals surface area contributed by atoms with E-state index < -0.39 is 16.2 Å². The van der Waals surface area contributed by atoms with Gasteiger partial charge in [-0.3, -0.25) is 0 Å². The zero-order chi connectivity index (χ0) is 17.0. The normalized spacial score (nSPS) is 15.1. The maximum atomic E-state index is 12.6. The first-order chi connectivity index (χ1) is 10.8. The topological polar surface area (TPSA) is 72.9 Å². The first-order valence-corrected chi connectivity index (χ1v) is 8.58. The Balaban J connectivity index is 2.05. The number of carbonyl (C=O) groups excluding carboxylic acids is 1. The van der Waals surface area contributed by atoms with Crippen molar-refractivity contribution >= 4 is 16.2 Å². The molecule has 0 fully saturated rings. The first kappa shape index (κ1) is 17.2. The summed E-state index contributed by atoms with van der Waals surface area (Å²) in [6, 6.07) is 6.65. The molecule has 0 N–H and O–H groups in total. The van der Waals surface area contributed by atoms with Crippen LogP contribution in [-0.4, -0.2) is 38.6 Å². The van der Waals surface area contributed by atoms with Crippen molar-refractivity contribution in [2.45, 2.75) is 18.7 Å². The Kier molecular flexibility index (Phi) is 5.23. The molecule has 0 radical (unpaired) electrons. The van der Waals surface area contributed by atoms with Crippen LogP contribution in [0.25, 0.3) is 0 Å². The molecule has 0 bridgehead atoms. The predicted octanol–water partition coefficient (Wildman–Crippen LogP) is 2.61. The Bertz CT molecular complexity index is 734. The van der Waals surface area contributed by atoms with Crippen molar-refractivity contribution in [3.05, 3.63) is 53.8 Å². The van der Waals surface area contributed by atoms with Gasteiger partial charge >= 0.3 is 6.16 Å². The Hall–Kier alpha value is -2.12. The largest absolute Gasteiger partial charge is 0.513 e. The fraction of sp³-hybridized carbons (Fsp3) is 0.312. The molecule has 0 unspecified atom stereocenters. The highest BCUT2D eigenvalue weighted by molar-refractivity contribution is 7.89. The molecule has 7 heteroatoms. The monoisotopic (exact) mass is 337 g/mol. The number of ether oxygens (including phenoxy) is 2. The first-order valence-electron chi connectivity index (χ1n) is 7.14. The van der Waals surface area contributed by atoms with Crippen LogP contribution >= 0.6 is 0 Å². The van der Waals surface area contributed by atoms with E-state index >= 15 is 0 Å². The predicted molar refractivity (Wildman–Crippen MR) is 85.3 cm³/mol. The van der Waals surface area contributed by atoms with E-state index in [1.807, 2.05) is 6.92 Å². The van der Waals surface area contributed by atoms with Gasteiger partial charge in [0.1, 0.15) is 5.76 Å². The highest BCUT2D eigenvalue weighted by atomic mass is 32.2. The molecule has 0 atom stereocenters. The summed E-state index contributed by atoms with van der Waals surface area (Å²) in [4.78, 5) is 11.5. The molecule has 1 aliphatic rings. The molecule has 23 heavy (non-hydrogen) atoms. The Labute approximate surface area is 136 Å². The molecule has 0 spiro atoms. The molecule has 0 amide bonds. The lowest BCUT2D eigenvalue weighted by Gasteiger charge is -2.17. The van der Waals surface area contributed by atoms with Gasteiger partial charge in [-0.25, -0.2) is 13.2 Å². The van der Waals surface area contributed by atoms with Crippen LogP contribution in [0, 0.1) is 6.92 Å². The van der Waals surface area contributed by atoms with E-state index in [1.165, 1.54) is 4.31 Å². The molecular formula is C16H19NO5S. The average Bonchev–Trinajstić information content (AvgIpc) is 2.98. The number of sulfonamides is 1. The highest BCUT2D eigenvalue weighted by Gasteiger charge is 2.29. The average molecular weight is 337 g/mol.